The van der Waals surface area contributed by atoms with Gasteiger partial charge in [0.05, 0.1) is 0 Å². The van der Waals surface area contributed by atoms with Crippen LogP contribution in [0.15, 0.2) is 6.07 Å². The van der Waals surface area contributed by atoms with Crippen molar-refractivity contribution >= 4 is 0 Å². The third kappa shape index (κ3) is 2.59. The minimum atomic E-state index is 0.285. The first kappa shape index (κ1) is 13.2. The van der Waals surface area contributed by atoms with Crippen LogP contribution in [0.2, 0.25) is 0 Å². The first-order valence-electron chi connectivity index (χ1n) is 6.86. The molecule has 1 aliphatic rings. The molecule has 1 aromatic heterocycles. The van der Waals surface area contributed by atoms with Gasteiger partial charge in [-0.15, -0.1) is 0 Å². The standard InChI is InChI=1S/C15H23N3/c1-12-13(9-14(10-16)18(12)3)11-17-15(2)7-5-4-6-8-15/h9,17H,4-8,11H2,1-3H3. The van der Waals surface area contributed by atoms with Gasteiger partial charge in [0.1, 0.15) is 11.8 Å². The Morgan fingerprint density at radius 2 is 2.06 bits per heavy atom. The lowest BCUT2D eigenvalue weighted by molar-refractivity contribution is 0.252. The molecule has 1 saturated carbocycles. The first-order valence-corrected chi connectivity index (χ1v) is 6.86. The van der Waals surface area contributed by atoms with E-state index in [9.17, 15) is 0 Å². The van der Waals surface area contributed by atoms with Crippen molar-refractivity contribution in [1.29, 1.82) is 5.26 Å². The zero-order valence-corrected chi connectivity index (χ0v) is 11.7. The molecule has 1 aliphatic carbocycles. The molecule has 0 unspecified atom stereocenters. The molecular formula is C15H23N3. The third-order valence-electron chi connectivity index (χ3n) is 4.42. The highest BCUT2D eigenvalue weighted by atomic mass is 15.0. The van der Waals surface area contributed by atoms with E-state index in [-0.39, 0.29) is 5.54 Å². The lowest BCUT2D eigenvalue weighted by Crippen LogP contribution is -2.43. The number of nitrogens with zero attached hydrogens (tertiary/aromatic N) is 2. The summed E-state index contributed by atoms with van der Waals surface area (Å²) in [6.45, 7) is 5.29. The summed E-state index contributed by atoms with van der Waals surface area (Å²) < 4.78 is 1.97. The summed E-state index contributed by atoms with van der Waals surface area (Å²) >= 11 is 0. The molecule has 1 fully saturated rings. The highest BCUT2D eigenvalue weighted by Crippen LogP contribution is 2.28. The van der Waals surface area contributed by atoms with Crippen molar-refractivity contribution in [2.45, 2.75) is 58.0 Å². The summed E-state index contributed by atoms with van der Waals surface area (Å²) in [5.74, 6) is 0. The van der Waals surface area contributed by atoms with Crippen molar-refractivity contribution in [2.24, 2.45) is 7.05 Å². The maximum atomic E-state index is 9.03. The van der Waals surface area contributed by atoms with Gasteiger partial charge >= 0.3 is 0 Å². The van der Waals surface area contributed by atoms with E-state index in [1.165, 1.54) is 43.4 Å². The zero-order chi connectivity index (χ0) is 13.2. The molecule has 0 bridgehead atoms. The Bertz CT molecular complexity index is 459. The molecule has 2 rings (SSSR count). The number of rotatable bonds is 3. The number of hydrogen-bond acceptors (Lipinski definition) is 2. The van der Waals surface area contributed by atoms with Gasteiger partial charge in [0, 0.05) is 24.8 Å². The second-order valence-electron chi connectivity index (χ2n) is 5.79. The summed E-state index contributed by atoms with van der Waals surface area (Å²) in [6.07, 6.45) is 6.58. The Balaban J connectivity index is 2.04. The van der Waals surface area contributed by atoms with Crippen LogP contribution in [0.5, 0.6) is 0 Å². The van der Waals surface area contributed by atoms with Gasteiger partial charge in [0.15, 0.2) is 0 Å². The fourth-order valence-electron chi connectivity index (χ4n) is 2.87. The Kier molecular flexibility index (Phi) is 3.77. The molecule has 0 aliphatic heterocycles. The Labute approximate surface area is 110 Å². The predicted octanol–water partition coefficient (Wildman–Crippen LogP) is 3.02. The molecule has 0 aromatic carbocycles. The molecule has 0 amide bonds. The van der Waals surface area contributed by atoms with Crippen LogP contribution in [0, 0.1) is 18.3 Å². The first-order chi connectivity index (χ1) is 8.56. The Morgan fingerprint density at radius 3 is 2.61 bits per heavy atom. The quantitative estimate of drug-likeness (QED) is 0.889. The van der Waals surface area contributed by atoms with Gasteiger partial charge in [0.2, 0.25) is 0 Å². The summed E-state index contributed by atoms with van der Waals surface area (Å²) in [5.41, 5.74) is 3.48. The van der Waals surface area contributed by atoms with Gasteiger partial charge in [-0.3, -0.25) is 0 Å². The number of nitrogens with one attached hydrogen (secondary N) is 1. The van der Waals surface area contributed by atoms with Gasteiger partial charge in [-0.2, -0.15) is 5.26 Å². The molecule has 1 heterocycles. The van der Waals surface area contributed by atoms with Crippen molar-refractivity contribution < 1.29 is 0 Å². The molecule has 18 heavy (non-hydrogen) atoms. The van der Waals surface area contributed by atoms with Gasteiger partial charge in [-0.25, -0.2) is 0 Å². The van der Waals surface area contributed by atoms with Crippen molar-refractivity contribution in [3.63, 3.8) is 0 Å². The largest absolute Gasteiger partial charge is 0.340 e. The van der Waals surface area contributed by atoms with Crippen LogP contribution in [0.4, 0.5) is 0 Å². The topological polar surface area (TPSA) is 40.8 Å². The van der Waals surface area contributed by atoms with E-state index in [2.05, 4.69) is 25.2 Å². The second kappa shape index (κ2) is 5.16. The lowest BCUT2D eigenvalue weighted by Gasteiger charge is -2.34. The Morgan fingerprint density at radius 1 is 1.39 bits per heavy atom. The van der Waals surface area contributed by atoms with Crippen molar-refractivity contribution in [3.8, 4) is 6.07 Å². The SMILES string of the molecule is Cc1c(CNC2(C)CCCCC2)cc(C#N)n1C. The monoisotopic (exact) mass is 245 g/mol. The van der Waals surface area contributed by atoms with E-state index in [0.717, 1.165) is 12.2 Å². The Hall–Kier alpha value is -1.27. The summed E-state index contributed by atoms with van der Waals surface area (Å²) in [6, 6.07) is 4.25. The van der Waals surface area contributed by atoms with Crippen LogP contribution in [0.25, 0.3) is 0 Å². The summed E-state index contributed by atoms with van der Waals surface area (Å²) in [4.78, 5) is 0. The normalized spacial score (nSPS) is 18.6. The number of nitriles is 1. The van der Waals surface area contributed by atoms with Crippen molar-refractivity contribution in [2.75, 3.05) is 0 Å². The highest BCUT2D eigenvalue weighted by molar-refractivity contribution is 5.34. The van der Waals surface area contributed by atoms with E-state index in [4.69, 9.17) is 5.26 Å². The van der Waals surface area contributed by atoms with E-state index in [1.54, 1.807) is 0 Å². The van der Waals surface area contributed by atoms with Crippen molar-refractivity contribution in [3.05, 3.63) is 23.0 Å². The molecule has 3 nitrogen and oxygen atoms in total. The fraction of sp³-hybridized carbons (Fsp3) is 0.667. The lowest BCUT2D eigenvalue weighted by atomic mass is 9.83. The zero-order valence-electron chi connectivity index (χ0n) is 11.7. The van der Waals surface area contributed by atoms with Crippen LogP contribution < -0.4 is 5.32 Å². The molecule has 0 atom stereocenters. The highest BCUT2D eigenvalue weighted by Gasteiger charge is 2.26. The summed E-state index contributed by atoms with van der Waals surface area (Å²) in [7, 11) is 1.96. The second-order valence-corrected chi connectivity index (χ2v) is 5.79. The maximum absolute atomic E-state index is 9.03. The fourth-order valence-corrected chi connectivity index (χ4v) is 2.87. The minimum absolute atomic E-state index is 0.285. The smallest absolute Gasteiger partial charge is 0.120 e. The molecule has 0 radical (unpaired) electrons. The average Bonchev–Trinajstić information content (AvgIpc) is 2.65. The number of hydrogen-bond donors (Lipinski definition) is 1. The molecule has 0 spiro atoms. The minimum Gasteiger partial charge on any atom is -0.340 e. The van der Waals surface area contributed by atoms with E-state index in [0.29, 0.717) is 0 Å². The summed E-state index contributed by atoms with van der Waals surface area (Å²) in [5, 5.41) is 12.7. The van der Waals surface area contributed by atoms with Crippen molar-refractivity contribution in [1.82, 2.24) is 9.88 Å². The molecular weight excluding hydrogens is 222 g/mol. The van der Waals surface area contributed by atoms with Crippen LogP contribution in [-0.4, -0.2) is 10.1 Å². The predicted molar refractivity (Wildman–Crippen MR) is 73.2 cm³/mol. The van der Waals surface area contributed by atoms with Crippen LogP contribution >= 0.6 is 0 Å². The van der Waals surface area contributed by atoms with Gasteiger partial charge in [-0.1, -0.05) is 19.3 Å². The molecule has 3 heteroatoms. The van der Waals surface area contributed by atoms with E-state index in [1.807, 2.05) is 17.7 Å². The van der Waals surface area contributed by atoms with E-state index >= 15 is 0 Å². The van der Waals surface area contributed by atoms with Crippen LogP contribution in [-0.2, 0) is 13.6 Å². The van der Waals surface area contributed by atoms with Gasteiger partial charge < -0.3 is 9.88 Å². The molecule has 1 N–H and O–H groups in total. The van der Waals surface area contributed by atoms with Crippen LogP contribution in [0.1, 0.15) is 56.0 Å². The van der Waals surface area contributed by atoms with E-state index < -0.39 is 0 Å². The van der Waals surface area contributed by atoms with Crippen LogP contribution in [0.3, 0.4) is 0 Å². The molecule has 98 valence electrons. The third-order valence-corrected chi connectivity index (χ3v) is 4.42. The molecule has 0 saturated heterocycles. The van der Waals surface area contributed by atoms with Gasteiger partial charge in [-0.05, 0) is 38.3 Å². The number of aromatic nitrogens is 1. The maximum Gasteiger partial charge on any atom is 0.120 e. The average molecular weight is 245 g/mol. The molecule has 1 aromatic rings. The van der Waals surface area contributed by atoms with Gasteiger partial charge in [0.25, 0.3) is 0 Å².